The third kappa shape index (κ3) is 3.75. The first kappa shape index (κ1) is 16.5. The van der Waals surface area contributed by atoms with E-state index in [-0.39, 0.29) is 5.91 Å². The number of amides is 1. The van der Waals surface area contributed by atoms with Crippen LogP contribution in [0.2, 0.25) is 10.0 Å². The van der Waals surface area contributed by atoms with Gasteiger partial charge in [0.25, 0.3) is 5.91 Å². The molecule has 3 rings (SSSR count). The molecule has 3 aromatic rings. The lowest BCUT2D eigenvalue weighted by Gasteiger charge is -2.10. The fourth-order valence-electron chi connectivity index (χ4n) is 2.26. The number of aromatic nitrogens is 3. The van der Waals surface area contributed by atoms with Gasteiger partial charge in [0.15, 0.2) is 0 Å². The number of hydrogen-bond acceptors (Lipinski definition) is 3. The van der Waals surface area contributed by atoms with E-state index in [1.165, 1.54) is 6.20 Å². The second-order valence-corrected chi connectivity index (χ2v) is 6.10. The SMILES string of the molecule is Cc1cc(NC(=O)c2cccnc2)n(Cc2ccc(Cl)cc2Cl)n1. The van der Waals surface area contributed by atoms with Gasteiger partial charge in [-0.1, -0.05) is 29.3 Å². The van der Waals surface area contributed by atoms with E-state index >= 15 is 0 Å². The number of rotatable bonds is 4. The minimum atomic E-state index is -0.244. The Labute approximate surface area is 149 Å². The number of anilines is 1. The summed E-state index contributed by atoms with van der Waals surface area (Å²) in [6.45, 7) is 2.28. The smallest absolute Gasteiger partial charge is 0.258 e. The molecule has 0 aliphatic carbocycles. The van der Waals surface area contributed by atoms with Gasteiger partial charge in [-0.3, -0.25) is 9.78 Å². The van der Waals surface area contributed by atoms with Crippen LogP contribution in [-0.2, 0) is 6.54 Å². The average Bonchev–Trinajstić information content (AvgIpc) is 2.90. The van der Waals surface area contributed by atoms with Crippen molar-refractivity contribution in [2.24, 2.45) is 0 Å². The first-order valence-corrected chi connectivity index (χ1v) is 7.98. The van der Waals surface area contributed by atoms with E-state index in [0.29, 0.717) is 28.0 Å². The lowest BCUT2D eigenvalue weighted by molar-refractivity contribution is 0.102. The molecule has 0 saturated carbocycles. The van der Waals surface area contributed by atoms with Crippen LogP contribution in [0, 0.1) is 6.92 Å². The van der Waals surface area contributed by atoms with Gasteiger partial charge < -0.3 is 5.32 Å². The predicted molar refractivity (Wildman–Crippen MR) is 94.7 cm³/mol. The van der Waals surface area contributed by atoms with E-state index in [4.69, 9.17) is 23.2 Å². The molecule has 0 aliphatic heterocycles. The molecule has 0 saturated heterocycles. The van der Waals surface area contributed by atoms with Crippen molar-refractivity contribution in [3.63, 3.8) is 0 Å². The zero-order chi connectivity index (χ0) is 17.1. The molecule has 2 heterocycles. The van der Waals surface area contributed by atoms with Gasteiger partial charge in [-0.05, 0) is 36.8 Å². The topological polar surface area (TPSA) is 59.8 Å². The quantitative estimate of drug-likeness (QED) is 0.758. The standard InChI is InChI=1S/C17H14Cl2N4O/c1-11-7-16(21-17(24)12-3-2-6-20-9-12)23(22-11)10-13-4-5-14(18)8-15(13)19/h2-9H,10H2,1H3,(H,21,24). The molecule has 0 unspecified atom stereocenters. The van der Waals surface area contributed by atoms with Crippen molar-refractivity contribution in [2.45, 2.75) is 13.5 Å². The largest absolute Gasteiger partial charge is 0.307 e. The Morgan fingerprint density at radius 1 is 1.25 bits per heavy atom. The van der Waals surface area contributed by atoms with Gasteiger partial charge in [0.1, 0.15) is 5.82 Å². The van der Waals surface area contributed by atoms with Crippen LogP contribution in [0.15, 0.2) is 48.8 Å². The number of aryl methyl sites for hydroxylation is 1. The van der Waals surface area contributed by atoms with Crippen LogP contribution in [0.4, 0.5) is 5.82 Å². The normalized spacial score (nSPS) is 10.6. The molecule has 24 heavy (non-hydrogen) atoms. The number of pyridine rings is 1. The Balaban J connectivity index is 1.84. The molecule has 122 valence electrons. The molecule has 1 amide bonds. The molecule has 0 bridgehead atoms. The van der Waals surface area contributed by atoms with Crippen LogP contribution >= 0.6 is 23.2 Å². The number of hydrogen-bond donors (Lipinski definition) is 1. The number of benzene rings is 1. The maximum absolute atomic E-state index is 12.3. The molecule has 1 N–H and O–H groups in total. The molecule has 5 nitrogen and oxygen atoms in total. The van der Waals surface area contributed by atoms with Gasteiger partial charge in [-0.2, -0.15) is 5.10 Å². The molecule has 0 fully saturated rings. The highest BCUT2D eigenvalue weighted by atomic mass is 35.5. The van der Waals surface area contributed by atoms with Crippen LogP contribution in [-0.4, -0.2) is 20.7 Å². The summed E-state index contributed by atoms with van der Waals surface area (Å²) in [5.41, 5.74) is 2.13. The maximum atomic E-state index is 12.3. The van der Waals surface area contributed by atoms with Crippen molar-refractivity contribution in [1.82, 2.24) is 14.8 Å². The van der Waals surface area contributed by atoms with Gasteiger partial charge >= 0.3 is 0 Å². The average molecular weight is 361 g/mol. The highest BCUT2D eigenvalue weighted by molar-refractivity contribution is 6.35. The first-order chi connectivity index (χ1) is 11.5. The number of carbonyl (C=O) groups excluding carboxylic acids is 1. The minimum absolute atomic E-state index is 0.244. The highest BCUT2D eigenvalue weighted by Gasteiger charge is 2.12. The summed E-state index contributed by atoms with van der Waals surface area (Å²) >= 11 is 12.1. The van der Waals surface area contributed by atoms with Gasteiger partial charge in [0.05, 0.1) is 17.8 Å². The number of nitrogens with one attached hydrogen (secondary N) is 1. The van der Waals surface area contributed by atoms with Crippen molar-refractivity contribution < 1.29 is 4.79 Å². The number of halogens is 2. The molecular weight excluding hydrogens is 347 g/mol. The van der Waals surface area contributed by atoms with Crippen LogP contribution < -0.4 is 5.32 Å². The van der Waals surface area contributed by atoms with E-state index in [2.05, 4.69) is 15.4 Å². The van der Waals surface area contributed by atoms with Crippen molar-refractivity contribution in [3.8, 4) is 0 Å². The molecule has 2 aromatic heterocycles. The van der Waals surface area contributed by atoms with E-state index in [1.54, 1.807) is 41.2 Å². The fourth-order valence-corrected chi connectivity index (χ4v) is 2.73. The third-order valence-electron chi connectivity index (χ3n) is 3.40. The Morgan fingerprint density at radius 3 is 2.79 bits per heavy atom. The molecule has 0 spiro atoms. The summed E-state index contributed by atoms with van der Waals surface area (Å²) in [5.74, 6) is 0.346. The van der Waals surface area contributed by atoms with Crippen LogP contribution in [0.5, 0.6) is 0 Å². The van der Waals surface area contributed by atoms with Crippen molar-refractivity contribution in [2.75, 3.05) is 5.32 Å². The molecule has 7 heteroatoms. The van der Waals surface area contributed by atoms with Crippen LogP contribution in [0.3, 0.4) is 0 Å². The molecule has 1 aromatic carbocycles. The lowest BCUT2D eigenvalue weighted by Crippen LogP contribution is -2.16. The Bertz CT molecular complexity index is 878. The molecular formula is C17H14Cl2N4O. The highest BCUT2D eigenvalue weighted by Crippen LogP contribution is 2.23. The predicted octanol–water partition coefficient (Wildman–Crippen LogP) is 4.19. The summed E-state index contributed by atoms with van der Waals surface area (Å²) in [6.07, 6.45) is 3.13. The number of carbonyl (C=O) groups is 1. The Morgan fingerprint density at radius 2 is 2.08 bits per heavy atom. The van der Waals surface area contributed by atoms with E-state index in [1.807, 2.05) is 13.0 Å². The first-order valence-electron chi connectivity index (χ1n) is 7.22. The zero-order valence-electron chi connectivity index (χ0n) is 12.8. The van der Waals surface area contributed by atoms with Crippen molar-refractivity contribution in [1.29, 1.82) is 0 Å². The third-order valence-corrected chi connectivity index (χ3v) is 3.99. The Hall–Kier alpha value is -2.37. The fraction of sp³-hybridized carbons (Fsp3) is 0.118. The maximum Gasteiger partial charge on any atom is 0.258 e. The van der Waals surface area contributed by atoms with E-state index in [9.17, 15) is 4.79 Å². The summed E-state index contributed by atoms with van der Waals surface area (Å²) in [4.78, 5) is 16.3. The lowest BCUT2D eigenvalue weighted by atomic mass is 10.2. The molecule has 0 aliphatic rings. The number of nitrogens with zero attached hydrogens (tertiary/aromatic N) is 3. The minimum Gasteiger partial charge on any atom is -0.307 e. The van der Waals surface area contributed by atoms with E-state index in [0.717, 1.165) is 11.3 Å². The van der Waals surface area contributed by atoms with Crippen LogP contribution in [0.1, 0.15) is 21.6 Å². The van der Waals surface area contributed by atoms with Gasteiger partial charge in [0, 0.05) is 28.5 Å². The van der Waals surface area contributed by atoms with E-state index < -0.39 is 0 Å². The van der Waals surface area contributed by atoms with Crippen molar-refractivity contribution >= 4 is 34.9 Å². The van der Waals surface area contributed by atoms with Crippen molar-refractivity contribution in [3.05, 3.63) is 75.7 Å². The van der Waals surface area contributed by atoms with Gasteiger partial charge in [-0.25, -0.2) is 4.68 Å². The molecule has 0 atom stereocenters. The molecule has 0 radical (unpaired) electrons. The summed E-state index contributed by atoms with van der Waals surface area (Å²) in [5, 5.41) is 8.39. The van der Waals surface area contributed by atoms with Gasteiger partial charge in [0.2, 0.25) is 0 Å². The Kier molecular flexibility index (Phi) is 4.83. The monoisotopic (exact) mass is 360 g/mol. The summed E-state index contributed by atoms with van der Waals surface area (Å²) < 4.78 is 1.69. The van der Waals surface area contributed by atoms with Crippen LogP contribution in [0.25, 0.3) is 0 Å². The summed E-state index contributed by atoms with van der Waals surface area (Å²) in [6, 6.07) is 10.5. The second-order valence-electron chi connectivity index (χ2n) is 5.26. The summed E-state index contributed by atoms with van der Waals surface area (Å²) in [7, 11) is 0. The zero-order valence-corrected chi connectivity index (χ0v) is 14.3. The second kappa shape index (κ2) is 7.03. The van der Waals surface area contributed by atoms with Gasteiger partial charge in [-0.15, -0.1) is 0 Å².